The molecule has 7 heteroatoms. The molecule has 0 saturated carbocycles. The molecule has 5 nitrogen and oxygen atoms in total. The van der Waals surface area contributed by atoms with Crippen molar-refractivity contribution in [2.24, 2.45) is 0 Å². The minimum Gasteiger partial charge on any atom is -0.351 e. The summed E-state index contributed by atoms with van der Waals surface area (Å²) in [7, 11) is 0. The van der Waals surface area contributed by atoms with Crippen LogP contribution in [-0.4, -0.2) is 42.9 Å². The number of halogens is 1. The Hall–Kier alpha value is -2.28. The van der Waals surface area contributed by atoms with Gasteiger partial charge in [0.15, 0.2) is 0 Å². The van der Waals surface area contributed by atoms with Crippen molar-refractivity contribution in [3.05, 3.63) is 63.5 Å². The van der Waals surface area contributed by atoms with Crippen molar-refractivity contribution >= 4 is 46.9 Å². The zero-order chi connectivity index (χ0) is 21.6. The first kappa shape index (κ1) is 21.9. The van der Waals surface area contributed by atoms with Gasteiger partial charge in [-0.2, -0.15) is 0 Å². The molecular formula is C24H26ClN3O2S. The van der Waals surface area contributed by atoms with Crippen LogP contribution in [0, 0.1) is 0 Å². The smallest absolute Gasteiger partial charge is 0.262 e. The molecule has 2 N–H and O–H groups in total. The first-order chi connectivity index (χ1) is 15.1. The first-order valence-corrected chi connectivity index (χ1v) is 11.9. The highest BCUT2D eigenvalue weighted by Crippen LogP contribution is 2.39. The molecule has 1 saturated heterocycles. The van der Waals surface area contributed by atoms with Crippen molar-refractivity contribution in [3.63, 3.8) is 0 Å². The Morgan fingerprint density at radius 1 is 1.13 bits per heavy atom. The molecule has 2 aromatic rings. The molecular weight excluding hydrogens is 430 g/mol. The topological polar surface area (TPSA) is 61.4 Å². The van der Waals surface area contributed by atoms with Crippen molar-refractivity contribution in [1.29, 1.82) is 0 Å². The van der Waals surface area contributed by atoms with Crippen molar-refractivity contribution in [3.8, 4) is 0 Å². The molecule has 2 amide bonds. The molecule has 2 aliphatic heterocycles. The van der Waals surface area contributed by atoms with Gasteiger partial charge in [-0.25, -0.2) is 0 Å². The van der Waals surface area contributed by atoms with E-state index in [1.165, 1.54) is 37.4 Å². The van der Waals surface area contributed by atoms with E-state index in [-0.39, 0.29) is 11.8 Å². The largest absolute Gasteiger partial charge is 0.351 e. The second-order valence-electron chi connectivity index (χ2n) is 7.81. The van der Waals surface area contributed by atoms with Crippen molar-refractivity contribution in [2.45, 2.75) is 30.6 Å². The van der Waals surface area contributed by atoms with E-state index in [2.05, 4.69) is 15.5 Å². The lowest BCUT2D eigenvalue weighted by molar-refractivity contribution is -0.112. The van der Waals surface area contributed by atoms with Gasteiger partial charge in [0.05, 0.1) is 10.6 Å². The molecule has 0 radical (unpaired) electrons. The fraction of sp³-hybridized carbons (Fsp3) is 0.333. The van der Waals surface area contributed by atoms with Crippen molar-refractivity contribution in [1.82, 2.24) is 10.2 Å². The minimum atomic E-state index is -0.198. The third-order valence-corrected chi connectivity index (χ3v) is 6.98. The Bertz CT molecular complexity index is 1000. The molecule has 0 atom stereocenters. The Labute approximate surface area is 192 Å². The first-order valence-electron chi connectivity index (χ1n) is 10.7. The van der Waals surface area contributed by atoms with Crippen molar-refractivity contribution < 1.29 is 9.59 Å². The van der Waals surface area contributed by atoms with E-state index in [0.717, 1.165) is 30.1 Å². The number of nitrogens with one attached hydrogen (secondary N) is 2. The van der Waals surface area contributed by atoms with Gasteiger partial charge in [-0.1, -0.05) is 54.4 Å². The van der Waals surface area contributed by atoms with Gasteiger partial charge in [0.1, 0.15) is 0 Å². The number of amides is 2. The molecule has 2 aromatic carbocycles. The van der Waals surface area contributed by atoms with E-state index in [1.807, 2.05) is 24.3 Å². The monoisotopic (exact) mass is 455 g/mol. The zero-order valence-electron chi connectivity index (χ0n) is 17.3. The SMILES string of the molecule is O=C1Nc2cc(C(=O)NCCN3CCCCCC3)ccc2S/C1=C/c1ccccc1Cl. The van der Waals surface area contributed by atoms with E-state index in [1.54, 1.807) is 24.3 Å². The summed E-state index contributed by atoms with van der Waals surface area (Å²) in [5, 5.41) is 6.51. The minimum absolute atomic E-state index is 0.116. The second kappa shape index (κ2) is 10.4. The number of thioether (sulfide) groups is 1. The fourth-order valence-corrected chi connectivity index (χ4v) is 4.94. The summed E-state index contributed by atoms with van der Waals surface area (Å²) in [5.41, 5.74) is 2.01. The molecule has 31 heavy (non-hydrogen) atoms. The Balaban J connectivity index is 1.39. The highest BCUT2D eigenvalue weighted by molar-refractivity contribution is 8.04. The number of carbonyl (C=O) groups is 2. The fourth-order valence-electron chi connectivity index (χ4n) is 3.82. The van der Waals surface area contributed by atoms with Crippen LogP contribution in [0.2, 0.25) is 5.02 Å². The molecule has 0 spiro atoms. The van der Waals surface area contributed by atoms with E-state index < -0.39 is 0 Å². The summed E-state index contributed by atoms with van der Waals surface area (Å²) in [4.78, 5) is 29.1. The Morgan fingerprint density at radius 3 is 2.68 bits per heavy atom. The number of anilines is 1. The van der Waals surface area contributed by atoms with E-state index >= 15 is 0 Å². The maximum Gasteiger partial charge on any atom is 0.262 e. The Kier molecular flexibility index (Phi) is 7.33. The number of hydrogen-bond acceptors (Lipinski definition) is 4. The Morgan fingerprint density at radius 2 is 1.90 bits per heavy atom. The molecule has 0 aliphatic carbocycles. The molecule has 1 fully saturated rings. The molecule has 2 heterocycles. The number of carbonyl (C=O) groups excluding carboxylic acids is 2. The van der Waals surface area contributed by atoms with Crippen LogP contribution in [-0.2, 0) is 4.79 Å². The lowest BCUT2D eigenvalue weighted by atomic mass is 10.1. The van der Waals surface area contributed by atoms with Crippen LogP contribution >= 0.6 is 23.4 Å². The zero-order valence-corrected chi connectivity index (χ0v) is 18.9. The number of nitrogens with zero attached hydrogens (tertiary/aromatic N) is 1. The summed E-state index contributed by atoms with van der Waals surface area (Å²) in [6.45, 7) is 3.73. The van der Waals surface area contributed by atoms with E-state index in [0.29, 0.717) is 27.7 Å². The van der Waals surface area contributed by atoms with Crippen LogP contribution in [0.15, 0.2) is 52.3 Å². The van der Waals surface area contributed by atoms with Crippen molar-refractivity contribution in [2.75, 3.05) is 31.5 Å². The van der Waals surface area contributed by atoms with E-state index in [9.17, 15) is 9.59 Å². The van der Waals surface area contributed by atoms with Crippen LogP contribution in [0.1, 0.15) is 41.6 Å². The normalized spacial score (nSPS) is 18.2. The number of rotatable bonds is 5. The summed E-state index contributed by atoms with van der Waals surface area (Å²) in [5.74, 6) is -0.314. The number of benzene rings is 2. The highest BCUT2D eigenvalue weighted by Gasteiger charge is 2.22. The highest BCUT2D eigenvalue weighted by atomic mass is 35.5. The predicted octanol–water partition coefficient (Wildman–Crippen LogP) is 5.03. The van der Waals surface area contributed by atoms with Gasteiger partial charge in [-0.05, 0) is 61.8 Å². The van der Waals surface area contributed by atoms with Gasteiger partial charge in [-0.3, -0.25) is 9.59 Å². The van der Waals surface area contributed by atoms with Gasteiger partial charge in [0, 0.05) is 28.6 Å². The average Bonchev–Trinajstić information content (AvgIpc) is 3.04. The second-order valence-corrected chi connectivity index (χ2v) is 9.30. The summed E-state index contributed by atoms with van der Waals surface area (Å²) >= 11 is 7.59. The van der Waals surface area contributed by atoms with Gasteiger partial charge >= 0.3 is 0 Å². The maximum absolute atomic E-state index is 12.6. The molecule has 0 unspecified atom stereocenters. The summed E-state index contributed by atoms with van der Waals surface area (Å²) in [6.07, 6.45) is 6.87. The van der Waals surface area contributed by atoms with Gasteiger partial charge in [0.25, 0.3) is 11.8 Å². The van der Waals surface area contributed by atoms with Crippen LogP contribution < -0.4 is 10.6 Å². The maximum atomic E-state index is 12.6. The molecule has 162 valence electrons. The van der Waals surface area contributed by atoms with Crippen LogP contribution in [0.25, 0.3) is 6.08 Å². The van der Waals surface area contributed by atoms with Crippen LogP contribution in [0.4, 0.5) is 5.69 Å². The average molecular weight is 456 g/mol. The van der Waals surface area contributed by atoms with Gasteiger partial charge in [-0.15, -0.1) is 0 Å². The van der Waals surface area contributed by atoms with Crippen LogP contribution in [0.5, 0.6) is 0 Å². The molecule has 0 bridgehead atoms. The number of likely N-dealkylation sites (tertiary alicyclic amines) is 1. The molecule has 0 aromatic heterocycles. The lowest BCUT2D eigenvalue weighted by Crippen LogP contribution is -2.35. The standard InChI is InChI=1S/C24H26ClN3O2S/c25-19-8-4-3-7-17(19)16-22-24(30)27-20-15-18(9-10-21(20)31-22)23(29)26-11-14-28-12-5-1-2-6-13-28/h3-4,7-10,15-16H,1-2,5-6,11-14H2,(H,26,29)(H,27,30)/b22-16+. The summed E-state index contributed by atoms with van der Waals surface area (Å²) in [6, 6.07) is 12.8. The predicted molar refractivity (Wildman–Crippen MR) is 128 cm³/mol. The molecule has 4 rings (SSSR count). The quantitative estimate of drug-likeness (QED) is 0.620. The number of hydrogen-bond donors (Lipinski definition) is 2. The van der Waals surface area contributed by atoms with Crippen LogP contribution in [0.3, 0.4) is 0 Å². The van der Waals surface area contributed by atoms with Gasteiger partial charge in [0.2, 0.25) is 0 Å². The number of fused-ring (bicyclic) bond motifs is 1. The third-order valence-electron chi connectivity index (χ3n) is 5.54. The summed E-state index contributed by atoms with van der Waals surface area (Å²) < 4.78 is 0. The third kappa shape index (κ3) is 5.70. The lowest BCUT2D eigenvalue weighted by Gasteiger charge is -2.21. The molecule has 2 aliphatic rings. The van der Waals surface area contributed by atoms with Gasteiger partial charge < -0.3 is 15.5 Å². The van der Waals surface area contributed by atoms with E-state index in [4.69, 9.17) is 11.6 Å².